The maximum Gasteiger partial charge on any atom is 0.277 e. The Morgan fingerprint density at radius 2 is 2.04 bits per heavy atom. The predicted octanol–water partition coefficient (Wildman–Crippen LogP) is 4.73. The van der Waals surface area contributed by atoms with Crippen molar-refractivity contribution in [2.75, 3.05) is 11.1 Å². The number of nitrogens with zero attached hydrogens (tertiary/aromatic N) is 2. The first kappa shape index (κ1) is 17.2. The first-order valence-electron chi connectivity index (χ1n) is 6.88. The Hall–Kier alpha value is -1.58. The van der Waals surface area contributed by atoms with Crippen molar-refractivity contribution in [1.82, 2.24) is 10.2 Å². The Morgan fingerprint density at radius 3 is 2.83 bits per heavy atom. The molecule has 5 nitrogen and oxygen atoms in total. The zero-order valence-corrected chi connectivity index (χ0v) is 15.9. The molecule has 1 N–H and O–H groups in total. The summed E-state index contributed by atoms with van der Waals surface area (Å²) < 4.78 is 6.60. The molecule has 122 valence electrons. The summed E-state index contributed by atoms with van der Waals surface area (Å²) in [5.74, 6) is 0.422. The summed E-state index contributed by atoms with van der Waals surface area (Å²) in [6.07, 6.45) is 0. The van der Waals surface area contributed by atoms with Gasteiger partial charge in [0.05, 0.1) is 5.75 Å². The van der Waals surface area contributed by atoms with E-state index in [0.717, 1.165) is 14.8 Å². The molecule has 0 bridgehead atoms. The fourth-order valence-electron chi connectivity index (χ4n) is 1.90. The number of carbonyl (C=O) groups excluding carboxylic acids is 1. The maximum absolute atomic E-state index is 12.0. The average Bonchev–Trinajstić information content (AvgIpc) is 3.02. The minimum absolute atomic E-state index is 0.135. The van der Waals surface area contributed by atoms with E-state index in [-0.39, 0.29) is 11.7 Å². The van der Waals surface area contributed by atoms with Gasteiger partial charge in [-0.1, -0.05) is 35.5 Å². The SMILES string of the molecule is O=C(CSc1nnc(-c2cccc(Cl)c2)o1)Nc1cccc(I)c1. The molecule has 8 heteroatoms. The molecule has 1 heterocycles. The minimum Gasteiger partial charge on any atom is -0.411 e. The number of hydrogen-bond acceptors (Lipinski definition) is 5. The summed E-state index contributed by atoms with van der Waals surface area (Å²) in [5.41, 5.74) is 1.50. The summed E-state index contributed by atoms with van der Waals surface area (Å²) in [6, 6.07) is 14.7. The third kappa shape index (κ3) is 4.71. The van der Waals surface area contributed by atoms with Gasteiger partial charge in [-0.2, -0.15) is 0 Å². The molecule has 3 rings (SSSR count). The van der Waals surface area contributed by atoms with E-state index in [1.807, 2.05) is 36.4 Å². The molecule has 0 unspecified atom stereocenters. The van der Waals surface area contributed by atoms with Crippen LogP contribution >= 0.6 is 46.0 Å². The molecule has 0 aliphatic heterocycles. The van der Waals surface area contributed by atoms with Gasteiger partial charge in [-0.25, -0.2) is 0 Å². The van der Waals surface area contributed by atoms with Crippen LogP contribution in [0.5, 0.6) is 0 Å². The number of halogens is 2. The highest BCUT2D eigenvalue weighted by Gasteiger charge is 2.11. The first-order chi connectivity index (χ1) is 11.6. The first-order valence-corrected chi connectivity index (χ1v) is 9.32. The molecule has 0 spiro atoms. The lowest BCUT2D eigenvalue weighted by atomic mass is 10.2. The minimum atomic E-state index is -0.135. The molecule has 0 aliphatic carbocycles. The van der Waals surface area contributed by atoms with Crippen molar-refractivity contribution in [3.63, 3.8) is 0 Å². The lowest BCUT2D eigenvalue weighted by Gasteiger charge is -2.04. The fraction of sp³-hybridized carbons (Fsp3) is 0.0625. The van der Waals surface area contributed by atoms with E-state index in [9.17, 15) is 4.79 Å². The third-order valence-electron chi connectivity index (χ3n) is 2.91. The van der Waals surface area contributed by atoms with Gasteiger partial charge in [-0.3, -0.25) is 4.79 Å². The second-order valence-corrected chi connectivity index (χ2v) is 7.34. The molecule has 2 aromatic carbocycles. The van der Waals surface area contributed by atoms with Crippen LogP contribution in [0.25, 0.3) is 11.5 Å². The third-order valence-corrected chi connectivity index (χ3v) is 4.64. The molecule has 0 aliphatic rings. The summed E-state index contributed by atoms with van der Waals surface area (Å²) in [5, 5.41) is 11.7. The van der Waals surface area contributed by atoms with Crippen LogP contribution in [0.2, 0.25) is 5.02 Å². The van der Waals surface area contributed by atoms with Gasteiger partial charge in [0.15, 0.2) is 0 Å². The van der Waals surface area contributed by atoms with Crippen LogP contribution in [-0.2, 0) is 4.79 Å². The van der Waals surface area contributed by atoms with Crippen LogP contribution in [0.3, 0.4) is 0 Å². The molecule has 3 aromatic rings. The molecule has 1 amide bonds. The second kappa shape index (κ2) is 8.00. The van der Waals surface area contributed by atoms with E-state index in [4.69, 9.17) is 16.0 Å². The lowest BCUT2D eigenvalue weighted by Crippen LogP contribution is -2.13. The zero-order chi connectivity index (χ0) is 16.9. The summed E-state index contributed by atoms with van der Waals surface area (Å²) >= 11 is 9.32. The van der Waals surface area contributed by atoms with Crippen LogP contribution in [0, 0.1) is 3.57 Å². The molecule has 24 heavy (non-hydrogen) atoms. The Balaban J connectivity index is 1.58. The molecular formula is C16H11ClIN3O2S. The van der Waals surface area contributed by atoms with Crippen molar-refractivity contribution in [2.45, 2.75) is 5.22 Å². The van der Waals surface area contributed by atoms with Gasteiger partial charge in [-0.15, -0.1) is 10.2 Å². The molecule has 0 saturated carbocycles. The van der Waals surface area contributed by atoms with Gasteiger partial charge >= 0.3 is 0 Å². The van der Waals surface area contributed by atoms with Gasteiger partial charge in [0, 0.05) is 19.8 Å². The van der Waals surface area contributed by atoms with E-state index < -0.39 is 0 Å². The number of hydrogen-bond donors (Lipinski definition) is 1. The lowest BCUT2D eigenvalue weighted by molar-refractivity contribution is -0.113. The molecule has 1 aromatic heterocycles. The van der Waals surface area contributed by atoms with Crippen LogP contribution in [-0.4, -0.2) is 21.9 Å². The summed E-state index contributed by atoms with van der Waals surface area (Å²) in [7, 11) is 0. The van der Waals surface area contributed by atoms with Crippen LogP contribution in [0.1, 0.15) is 0 Å². The second-order valence-electron chi connectivity index (χ2n) is 4.73. The highest BCUT2D eigenvalue weighted by molar-refractivity contribution is 14.1. The van der Waals surface area contributed by atoms with Crippen LogP contribution in [0.15, 0.2) is 58.2 Å². The van der Waals surface area contributed by atoms with E-state index >= 15 is 0 Å². The largest absolute Gasteiger partial charge is 0.411 e. The topological polar surface area (TPSA) is 68.0 Å². The number of amides is 1. The number of aromatic nitrogens is 2. The Morgan fingerprint density at radius 1 is 1.21 bits per heavy atom. The smallest absolute Gasteiger partial charge is 0.277 e. The van der Waals surface area contributed by atoms with Crippen molar-refractivity contribution < 1.29 is 9.21 Å². The van der Waals surface area contributed by atoms with Crippen molar-refractivity contribution in [1.29, 1.82) is 0 Å². The number of rotatable bonds is 5. The summed E-state index contributed by atoms with van der Waals surface area (Å²) in [6.45, 7) is 0. The zero-order valence-electron chi connectivity index (χ0n) is 12.2. The van der Waals surface area contributed by atoms with Crippen molar-refractivity contribution in [3.8, 4) is 11.5 Å². The maximum atomic E-state index is 12.0. The van der Waals surface area contributed by atoms with Crippen LogP contribution in [0.4, 0.5) is 5.69 Å². The van der Waals surface area contributed by atoms with Gasteiger partial charge < -0.3 is 9.73 Å². The highest BCUT2D eigenvalue weighted by atomic mass is 127. The van der Waals surface area contributed by atoms with Crippen LogP contribution < -0.4 is 5.32 Å². The monoisotopic (exact) mass is 471 g/mol. The number of benzene rings is 2. The van der Waals surface area contributed by atoms with Gasteiger partial charge in [0.1, 0.15) is 0 Å². The van der Waals surface area contributed by atoms with Gasteiger partial charge in [-0.05, 0) is 59.0 Å². The van der Waals surface area contributed by atoms with Crippen molar-refractivity contribution in [2.24, 2.45) is 0 Å². The van der Waals surface area contributed by atoms with E-state index in [1.54, 1.807) is 12.1 Å². The van der Waals surface area contributed by atoms with E-state index in [2.05, 4.69) is 38.1 Å². The average molecular weight is 472 g/mol. The highest BCUT2D eigenvalue weighted by Crippen LogP contribution is 2.25. The van der Waals surface area contributed by atoms with Gasteiger partial charge in [0.2, 0.25) is 11.8 Å². The standard InChI is InChI=1S/C16H11ClIN3O2S/c17-11-4-1-3-10(7-11)15-20-21-16(23-15)24-9-14(22)19-13-6-2-5-12(18)8-13/h1-8H,9H2,(H,19,22). The molecule has 0 radical (unpaired) electrons. The van der Waals surface area contributed by atoms with E-state index in [0.29, 0.717) is 16.1 Å². The number of anilines is 1. The molecule has 0 fully saturated rings. The Kier molecular flexibility index (Phi) is 5.75. The molecular weight excluding hydrogens is 461 g/mol. The number of carbonyl (C=O) groups is 1. The Bertz CT molecular complexity index is 872. The normalized spacial score (nSPS) is 10.6. The van der Waals surface area contributed by atoms with E-state index in [1.165, 1.54) is 11.8 Å². The number of nitrogens with one attached hydrogen (secondary N) is 1. The molecule has 0 atom stereocenters. The summed E-state index contributed by atoms with van der Waals surface area (Å²) in [4.78, 5) is 12.0. The van der Waals surface area contributed by atoms with Gasteiger partial charge in [0.25, 0.3) is 5.22 Å². The number of thioether (sulfide) groups is 1. The van der Waals surface area contributed by atoms with Crippen molar-refractivity contribution in [3.05, 3.63) is 57.1 Å². The quantitative estimate of drug-likeness (QED) is 0.431. The fourth-order valence-corrected chi connectivity index (χ4v) is 3.19. The van der Waals surface area contributed by atoms with Crippen molar-refractivity contribution >= 4 is 57.5 Å². The Labute approximate surface area is 161 Å². The predicted molar refractivity (Wildman–Crippen MR) is 103 cm³/mol. The molecule has 0 saturated heterocycles.